The first kappa shape index (κ1) is 45.6. The van der Waals surface area contributed by atoms with Gasteiger partial charge in [-0.2, -0.15) is 0 Å². The minimum Gasteiger partial charge on any atom is -0.462 e. The monoisotopic (exact) mass is 755 g/mol. The molecule has 310 valence electrons. The Morgan fingerprint density at radius 2 is 1.33 bits per heavy atom. The Morgan fingerprint density at radius 1 is 0.709 bits per heavy atom. The van der Waals surface area contributed by atoms with Gasteiger partial charge in [-0.25, -0.2) is 0 Å². The van der Waals surface area contributed by atoms with Crippen molar-refractivity contribution in [1.82, 2.24) is 0 Å². The Balaban J connectivity index is 1.02. The first-order valence-corrected chi connectivity index (χ1v) is 23.8. The zero-order valence-corrected chi connectivity index (χ0v) is 36.9. The van der Waals surface area contributed by atoms with Gasteiger partial charge in [0.05, 0.1) is 0 Å². The minimum absolute atomic E-state index is 0.0490. The third-order valence-electron chi connectivity index (χ3n) is 15.0. The number of allylic oxidation sites excluding steroid dienone is 11. The van der Waals surface area contributed by atoms with Crippen LogP contribution in [0.2, 0.25) is 0 Å². The van der Waals surface area contributed by atoms with Gasteiger partial charge in [-0.3, -0.25) is 4.79 Å². The molecule has 8 unspecified atom stereocenters. The molecule has 2 nitrogen and oxygen atoms in total. The maximum absolute atomic E-state index is 12.9. The van der Waals surface area contributed by atoms with E-state index in [4.69, 9.17) is 4.74 Å². The first-order valence-electron chi connectivity index (χ1n) is 23.8. The number of fused-ring (bicyclic) bond motifs is 5. The summed E-state index contributed by atoms with van der Waals surface area (Å²) in [7, 11) is 0. The van der Waals surface area contributed by atoms with Gasteiger partial charge in [0.1, 0.15) is 6.10 Å². The largest absolute Gasteiger partial charge is 0.462 e. The fourth-order valence-corrected chi connectivity index (χ4v) is 11.8. The second-order valence-corrected chi connectivity index (χ2v) is 19.4. The molecular weight excluding hydrogens is 669 g/mol. The lowest BCUT2D eigenvalue weighted by Gasteiger charge is -2.58. The van der Waals surface area contributed by atoms with Crippen LogP contribution in [0.15, 0.2) is 72.4 Å². The molecule has 0 amide bonds. The molecule has 3 fully saturated rings. The molecule has 4 rings (SSSR count). The van der Waals surface area contributed by atoms with Crippen LogP contribution in [-0.2, 0) is 9.53 Å². The number of carbonyl (C=O) groups is 1. The average molecular weight is 755 g/mol. The summed E-state index contributed by atoms with van der Waals surface area (Å²) in [6, 6.07) is 0. The number of hydrogen-bond donors (Lipinski definition) is 0. The molecule has 0 spiro atoms. The maximum Gasteiger partial charge on any atom is 0.306 e. The lowest BCUT2D eigenvalue weighted by molar-refractivity contribution is -0.151. The highest BCUT2D eigenvalue weighted by Gasteiger charge is 2.59. The molecular formula is C53H86O2. The predicted molar refractivity (Wildman–Crippen MR) is 239 cm³/mol. The molecule has 0 heterocycles. The number of unbranched alkanes of at least 4 members (excludes halogenated alkanes) is 7. The third-order valence-corrected chi connectivity index (χ3v) is 15.0. The van der Waals surface area contributed by atoms with Crippen molar-refractivity contribution in [2.24, 2.45) is 46.3 Å². The summed E-state index contributed by atoms with van der Waals surface area (Å²) in [6.45, 7) is 14.8. The SMILES string of the molecule is CC/C=C\C/C=C\C/C=C\C/C=C\C/C=C\CCCCCCCCCC(=O)OC1CCC2(C)C(=CCC3C2CCC2(C)C(C(C)CCCC(C)C)CCC32)C1. The number of rotatable bonds is 25. The normalized spacial score (nSPS) is 30.2. The van der Waals surface area contributed by atoms with Crippen LogP contribution in [0.25, 0.3) is 0 Å². The smallest absolute Gasteiger partial charge is 0.306 e. The fourth-order valence-electron chi connectivity index (χ4n) is 11.8. The van der Waals surface area contributed by atoms with Gasteiger partial charge in [-0.05, 0) is 143 Å². The number of carbonyl (C=O) groups excluding carboxylic acids is 1. The van der Waals surface area contributed by atoms with E-state index in [1.165, 1.54) is 96.3 Å². The van der Waals surface area contributed by atoms with Crippen LogP contribution in [0, 0.1) is 46.3 Å². The Hall–Kier alpha value is -2.09. The van der Waals surface area contributed by atoms with Crippen LogP contribution in [0.5, 0.6) is 0 Å². The van der Waals surface area contributed by atoms with Crippen LogP contribution >= 0.6 is 0 Å². The molecule has 55 heavy (non-hydrogen) atoms. The Kier molecular flexibility index (Phi) is 20.4. The standard InChI is InChI=1S/C53H86O2/c1-7-8-9-10-11-12-13-14-15-16-17-18-19-20-21-22-23-24-25-26-27-28-29-33-51(54)55-46-38-40-52(5)45(42-46)34-35-47-49-37-36-48(44(4)32-30-31-43(2)3)53(49,6)41-39-50(47)52/h8-9,11-12,14-15,17-18,20-21,34,43-44,46-50H,7,10,13,16,19,22-33,35-42H2,1-6H3/b9-8-,12-11-,15-14-,18-17-,21-20-. The van der Waals surface area contributed by atoms with Gasteiger partial charge in [0.25, 0.3) is 0 Å². The molecule has 4 aliphatic rings. The Labute approximate surface area is 341 Å². The van der Waals surface area contributed by atoms with Crippen molar-refractivity contribution in [2.45, 2.75) is 208 Å². The van der Waals surface area contributed by atoms with Gasteiger partial charge in [0.15, 0.2) is 0 Å². The van der Waals surface area contributed by atoms with Crippen molar-refractivity contribution in [3.05, 3.63) is 72.4 Å². The minimum atomic E-state index is 0.0490. The van der Waals surface area contributed by atoms with E-state index in [1.54, 1.807) is 5.57 Å². The average Bonchev–Trinajstić information content (AvgIpc) is 3.52. The summed E-state index contributed by atoms with van der Waals surface area (Å²) >= 11 is 0. The van der Waals surface area contributed by atoms with Crippen molar-refractivity contribution in [2.75, 3.05) is 0 Å². The second kappa shape index (κ2) is 24.6. The van der Waals surface area contributed by atoms with Crippen LogP contribution < -0.4 is 0 Å². The van der Waals surface area contributed by atoms with Crippen LogP contribution in [0.4, 0.5) is 0 Å². The molecule has 0 aliphatic heterocycles. The molecule has 0 aromatic rings. The first-order chi connectivity index (χ1) is 26.7. The second-order valence-electron chi connectivity index (χ2n) is 19.4. The lowest BCUT2D eigenvalue weighted by atomic mass is 9.47. The van der Waals surface area contributed by atoms with Crippen molar-refractivity contribution in [1.29, 1.82) is 0 Å². The molecule has 0 bridgehead atoms. The number of ether oxygens (including phenoxy) is 1. The molecule has 0 aromatic carbocycles. The molecule has 0 N–H and O–H groups in total. The van der Waals surface area contributed by atoms with E-state index in [1.807, 2.05) is 0 Å². The molecule has 3 saturated carbocycles. The quantitative estimate of drug-likeness (QED) is 0.0527. The molecule has 4 aliphatic carbocycles. The highest BCUT2D eigenvalue weighted by molar-refractivity contribution is 5.69. The van der Waals surface area contributed by atoms with Gasteiger partial charge in [0, 0.05) is 12.8 Å². The van der Waals surface area contributed by atoms with E-state index in [9.17, 15) is 4.79 Å². The van der Waals surface area contributed by atoms with Gasteiger partial charge < -0.3 is 4.74 Å². The van der Waals surface area contributed by atoms with E-state index in [0.717, 1.165) is 93.3 Å². The molecule has 0 radical (unpaired) electrons. The maximum atomic E-state index is 12.9. The summed E-state index contributed by atoms with van der Waals surface area (Å²) in [4.78, 5) is 12.9. The van der Waals surface area contributed by atoms with Crippen molar-refractivity contribution >= 4 is 5.97 Å². The fraction of sp³-hybridized carbons (Fsp3) is 0.755. The third kappa shape index (κ3) is 14.4. The summed E-state index contributed by atoms with van der Waals surface area (Å²) in [6.07, 6.45) is 55.5. The van der Waals surface area contributed by atoms with Crippen LogP contribution in [-0.4, -0.2) is 12.1 Å². The highest BCUT2D eigenvalue weighted by Crippen LogP contribution is 2.67. The topological polar surface area (TPSA) is 26.3 Å². The predicted octanol–water partition coefficient (Wildman–Crippen LogP) is 16.2. The van der Waals surface area contributed by atoms with E-state index >= 15 is 0 Å². The summed E-state index contributed by atoms with van der Waals surface area (Å²) in [5.74, 6) is 5.27. The molecule has 0 aromatic heterocycles. The zero-order valence-electron chi connectivity index (χ0n) is 36.9. The summed E-state index contributed by atoms with van der Waals surface area (Å²) in [5.41, 5.74) is 2.51. The van der Waals surface area contributed by atoms with E-state index in [0.29, 0.717) is 17.3 Å². The molecule has 8 atom stereocenters. The summed E-state index contributed by atoms with van der Waals surface area (Å²) in [5, 5.41) is 0. The van der Waals surface area contributed by atoms with Crippen LogP contribution in [0.1, 0.15) is 202 Å². The van der Waals surface area contributed by atoms with Crippen LogP contribution in [0.3, 0.4) is 0 Å². The van der Waals surface area contributed by atoms with Gasteiger partial charge in [-0.15, -0.1) is 0 Å². The number of hydrogen-bond acceptors (Lipinski definition) is 2. The van der Waals surface area contributed by atoms with Crippen molar-refractivity contribution in [3.63, 3.8) is 0 Å². The highest BCUT2D eigenvalue weighted by atomic mass is 16.5. The molecule has 2 heteroatoms. The van der Waals surface area contributed by atoms with Crippen molar-refractivity contribution < 1.29 is 9.53 Å². The Bertz CT molecular complexity index is 1280. The Morgan fingerprint density at radius 3 is 1.98 bits per heavy atom. The van der Waals surface area contributed by atoms with Gasteiger partial charge in [-0.1, -0.05) is 165 Å². The van der Waals surface area contributed by atoms with Crippen molar-refractivity contribution in [3.8, 4) is 0 Å². The summed E-state index contributed by atoms with van der Waals surface area (Å²) < 4.78 is 6.15. The lowest BCUT2D eigenvalue weighted by Crippen LogP contribution is -2.51. The van der Waals surface area contributed by atoms with E-state index < -0.39 is 0 Å². The van der Waals surface area contributed by atoms with E-state index in [-0.39, 0.29) is 12.1 Å². The van der Waals surface area contributed by atoms with E-state index in [2.05, 4.69) is 108 Å². The zero-order chi connectivity index (χ0) is 39.4. The van der Waals surface area contributed by atoms with Gasteiger partial charge >= 0.3 is 5.97 Å². The van der Waals surface area contributed by atoms with Gasteiger partial charge in [0.2, 0.25) is 0 Å². The molecule has 0 saturated heterocycles. The number of esters is 1.